The number of anilines is 1. The monoisotopic (exact) mass is 345 g/mol. The third-order valence-electron chi connectivity index (χ3n) is 4.91. The molecule has 2 aromatic rings. The van der Waals surface area contributed by atoms with Crippen molar-refractivity contribution < 1.29 is 10.0 Å². The number of hydrogen-bond acceptors (Lipinski definition) is 2. The fraction of sp³-hybridized carbons (Fsp3) is 0.400. The number of benzene rings is 2. The Morgan fingerprint density at radius 2 is 1.75 bits per heavy atom. The van der Waals surface area contributed by atoms with Crippen LogP contribution in [-0.2, 0) is 0 Å². The van der Waals surface area contributed by atoms with Crippen LogP contribution >= 0.6 is 11.6 Å². The van der Waals surface area contributed by atoms with E-state index in [4.69, 9.17) is 11.6 Å². The average molecular weight is 346 g/mol. The maximum Gasteiger partial charge on any atom is 0.128 e. The lowest BCUT2D eigenvalue weighted by atomic mass is 10.1. The molecule has 1 saturated heterocycles. The highest BCUT2D eigenvalue weighted by Gasteiger charge is 2.24. The molecule has 0 saturated carbocycles. The number of aliphatic hydroxyl groups is 1. The summed E-state index contributed by atoms with van der Waals surface area (Å²) in [6, 6.07) is 14.2. The Labute approximate surface area is 149 Å². The van der Waals surface area contributed by atoms with E-state index in [0.29, 0.717) is 5.02 Å². The molecule has 24 heavy (non-hydrogen) atoms. The van der Waals surface area contributed by atoms with E-state index in [1.807, 2.05) is 24.3 Å². The minimum absolute atomic E-state index is 0.426. The van der Waals surface area contributed by atoms with E-state index in [1.54, 1.807) is 0 Å². The zero-order valence-corrected chi connectivity index (χ0v) is 15.2. The van der Waals surface area contributed by atoms with Crippen LogP contribution in [0.2, 0.25) is 5.02 Å². The molecular weight excluding hydrogens is 320 g/mol. The Bertz CT molecular complexity index is 679. The average Bonchev–Trinajstić information content (AvgIpc) is 2.58. The topological polar surface area (TPSA) is 27.9 Å². The number of hydrogen-bond donors (Lipinski definition) is 2. The molecule has 128 valence electrons. The molecule has 3 nitrogen and oxygen atoms in total. The van der Waals surface area contributed by atoms with Gasteiger partial charge in [0.1, 0.15) is 12.6 Å². The summed E-state index contributed by atoms with van der Waals surface area (Å²) in [7, 11) is 0. The number of halogens is 1. The molecule has 1 aliphatic rings. The summed E-state index contributed by atoms with van der Waals surface area (Å²) in [4.78, 5) is 3.93. The van der Waals surface area contributed by atoms with Gasteiger partial charge >= 0.3 is 0 Å². The first-order valence-corrected chi connectivity index (χ1v) is 9.00. The normalized spacial score (nSPS) is 17.1. The van der Waals surface area contributed by atoms with Gasteiger partial charge in [0.15, 0.2) is 0 Å². The van der Waals surface area contributed by atoms with Gasteiger partial charge in [0.25, 0.3) is 0 Å². The second-order valence-electron chi connectivity index (χ2n) is 6.80. The molecular formula is C20H26ClN2O+. The number of quaternary nitrogens is 1. The van der Waals surface area contributed by atoms with Crippen molar-refractivity contribution in [3.8, 4) is 0 Å². The van der Waals surface area contributed by atoms with E-state index in [2.05, 4.69) is 36.9 Å². The second-order valence-corrected chi connectivity index (χ2v) is 7.23. The molecule has 0 amide bonds. The molecule has 1 fully saturated rings. The van der Waals surface area contributed by atoms with Crippen LogP contribution in [0.4, 0.5) is 5.69 Å². The lowest BCUT2D eigenvalue weighted by molar-refractivity contribution is -0.904. The number of rotatable bonds is 4. The minimum Gasteiger partial charge on any atom is -0.382 e. The van der Waals surface area contributed by atoms with Crippen LogP contribution in [-0.4, -0.2) is 37.8 Å². The molecule has 1 aliphatic heterocycles. The molecule has 2 aromatic carbocycles. The molecule has 1 atom stereocenters. The van der Waals surface area contributed by atoms with Gasteiger partial charge < -0.3 is 14.9 Å². The minimum atomic E-state index is -0.426. The predicted octanol–water partition coefficient (Wildman–Crippen LogP) is 2.40. The summed E-state index contributed by atoms with van der Waals surface area (Å²) < 4.78 is 0. The van der Waals surface area contributed by atoms with Gasteiger partial charge in [-0.3, -0.25) is 0 Å². The zero-order valence-electron chi connectivity index (χ0n) is 14.4. The van der Waals surface area contributed by atoms with Crippen LogP contribution in [0.15, 0.2) is 42.5 Å². The first kappa shape index (κ1) is 17.3. The predicted molar refractivity (Wildman–Crippen MR) is 100 cm³/mol. The third-order valence-corrected chi connectivity index (χ3v) is 5.16. The van der Waals surface area contributed by atoms with Crippen molar-refractivity contribution in [3.63, 3.8) is 0 Å². The van der Waals surface area contributed by atoms with Gasteiger partial charge in [-0.15, -0.1) is 0 Å². The molecule has 1 heterocycles. The van der Waals surface area contributed by atoms with Crippen LogP contribution < -0.4 is 9.80 Å². The summed E-state index contributed by atoms with van der Waals surface area (Å²) in [5.41, 5.74) is 4.95. The first-order chi connectivity index (χ1) is 11.5. The number of aryl methyl sites for hydroxylation is 2. The van der Waals surface area contributed by atoms with Crippen LogP contribution in [0.3, 0.4) is 0 Å². The van der Waals surface area contributed by atoms with Crippen molar-refractivity contribution in [2.24, 2.45) is 0 Å². The first-order valence-electron chi connectivity index (χ1n) is 8.62. The van der Waals surface area contributed by atoms with Crippen molar-refractivity contribution in [1.29, 1.82) is 0 Å². The summed E-state index contributed by atoms with van der Waals surface area (Å²) in [5.74, 6) is 0. The number of nitrogens with one attached hydrogen (secondary N) is 1. The quantitative estimate of drug-likeness (QED) is 0.890. The molecule has 0 unspecified atom stereocenters. The number of piperazine rings is 1. The zero-order chi connectivity index (χ0) is 17.1. The summed E-state index contributed by atoms with van der Waals surface area (Å²) in [6.07, 6.45) is -0.426. The Morgan fingerprint density at radius 3 is 2.42 bits per heavy atom. The van der Waals surface area contributed by atoms with Crippen molar-refractivity contribution in [2.45, 2.75) is 20.0 Å². The maximum atomic E-state index is 10.4. The molecule has 4 heteroatoms. The molecule has 2 N–H and O–H groups in total. The molecule has 3 rings (SSSR count). The lowest BCUT2D eigenvalue weighted by Crippen LogP contribution is -3.15. The highest BCUT2D eigenvalue weighted by atomic mass is 35.5. The largest absolute Gasteiger partial charge is 0.382 e. The van der Waals surface area contributed by atoms with Gasteiger partial charge in [-0.05, 0) is 48.7 Å². The van der Waals surface area contributed by atoms with E-state index in [1.165, 1.54) is 21.7 Å². The Morgan fingerprint density at radius 1 is 1.08 bits per heavy atom. The van der Waals surface area contributed by atoms with Crippen molar-refractivity contribution in [3.05, 3.63) is 64.2 Å². The van der Waals surface area contributed by atoms with E-state index in [0.717, 1.165) is 38.3 Å². The third kappa shape index (κ3) is 4.10. The summed E-state index contributed by atoms with van der Waals surface area (Å²) >= 11 is 5.91. The van der Waals surface area contributed by atoms with Gasteiger partial charge in [-0.2, -0.15) is 0 Å². The van der Waals surface area contributed by atoms with Crippen LogP contribution in [0.1, 0.15) is 22.8 Å². The number of nitrogens with zero attached hydrogens (tertiary/aromatic N) is 1. The molecule has 0 bridgehead atoms. The van der Waals surface area contributed by atoms with Crippen molar-refractivity contribution in [1.82, 2.24) is 0 Å². The highest BCUT2D eigenvalue weighted by molar-refractivity contribution is 6.30. The smallest absolute Gasteiger partial charge is 0.128 e. The van der Waals surface area contributed by atoms with Crippen molar-refractivity contribution in [2.75, 3.05) is 37.6 Å². The van der Waals surface area contributed by atoms with Gasteiger partial charge in [-0.1, -0.05) is 35.9 Å². The Balaban J connectivity index is 1.57. The van der Waals surface area contributed by atoms with Crippen LogP contribution in [0.5, 0.6) is 0 Å². The fourth-order valence-corrected chi connectivity index (χ4v) is 3.53. The summed E-state index contributed by atoms with van der Waals surface area (Å²) in [6.45, 7) is 9.25. The summed E-state index contributed by atoms with van der Waals surface area (Å²) in [5, 5.41) is 11.2. The molecule has 0 radical (unpaired) electrons. The van der Waals surface area contributed by atoms with Crippen molar-refractivity contribution >= 4 is 17.3 Å². The maximum absolute atomic E-state index is 10.4. The molecule has 0 aliphatic carbocycles. The Hall–Kier alpha value is -1.55. The Kier molecular flexibility index (Phi) is 5.44. The van der Waals surface area contributed by atoms with E-state index >= 15 is 0 Å². The fourth-order valence-electron chi connectivity index (χ4n) is 3.40. The SMILES string of the molecule is Cc1ccc(C)c(N2CC[NH+](C[C@H](O)c3ccc(Cl)cc3)CC2)c1. The van der Waals surface area contributed by atoms with E-state index < -0.39 is 6.10 Å². The number of aliphatic hydroxyl groups excluding tert-OH is 1. The second kappa shape index (κ2) is 7.56. The molecule has 0 spiro atoms. The van der Waals surface area contributed by atoms with E-state index in [-0.39, 0.29) is 0 Å². The van der Waals surface area contributed by atoms with Crippen LogP contribution in [0.25, 0.3) is 0 Å². The highest BCUT2D eigenvalue weighted by Crippen LogP contribution is 2.21. The molecule has 0 aromatic heterocycles. The van der Waals surface area contributed by atoms with E-state index in [9.17, 15) is 5.11 Å². The van der Waals surface area contributed by atoms with Gasteiger partial charge in [0.05, 0.1) is 26.2 Å². The van der Waals surface area contributed by atoms with Gasteiger partial charge in [-0.25, -0.2) is 0 Å². The van der Waals surface area contributed by atoms with Crippen LogP contribution in [0, 0.1) is 13.8 Å². The van der Waals surface area contributed by atoms with Gasteiger partial charge in [0, 0.05) is 10.7 Å². The standard InChI is InChI=1S/C20H25ClN2O/c1-15-3-4-16(2)19(13-15)23-11-9-22(10-12-23)14-20(24)17-5-7-18(21)8-6-17/h3-8,13,20,24H,9-12,14H2,1-2H3/p+1/t20-/m0/s1. The lowest BCUT2D eigenvalue weighted by Gasteiger charge is -2.35. The van der Waals surface area contributed by atoms with Gasteiger partial charge in [0.2, 0.25) is 0 Å².